The van der Waals surface area contributed by atoms with E-state index in [1.807, 2.05) is 6.07 Å². The number of aryl methyl sites for hydroxylation is 1. The van der Waals surface area contributed by atoms with Crippen LogP contribution >= 0.6 is 15.9 Å². The summed E-state index contributed by atoms with van der Waals surface area (Å²) in [5, 5.41) is 1.06. The summed E-state index contributed by atoms with van der Waals surface area (Å²) >= 11 is 3.54. The summed E-state index contributed by atoms with van der Waals surface area (Å²) in [5.41, 5.74) is 7.05. The van der Waals surface area contributed by atoms with Crippen LogP contribution in [0.5, 0.6) is 0 Å². The third-order valence-corrected chi connectivity index (χ3v) is 3.56. The highest BCUT2D eigenvalue weighted by Crippen LogP contribution is 2.31. The molecular formula is C14H18BrN3. The van der Waals surface area contributed by atoms with E-state index in [0.717, 1.165) is 33.2 Å². The Bertz CT molecular complexity index is 579. The van der Waals surface area contributed by atoms with Gasteiger partial charge in [0.1, 0.15) is 0 Å². The van der Waals surface area contributed by atoms with E-state index < -0.39 is 0 Å². The number of aromatic nitrogens is 1. The number of halogens is 1. The highest BCUT2D eigenvalue weighted by atomic mass is 79.9. The minimum Gasteiger partial charge on any atom is -0.323 e. The topological polar surface area (TPSA) is 50.9 Å². The number of nitrogens with zero attached hydrogens (tertiary/aromatic N) is 1. The molecular weight excluding hydrogens is 290 g/mol. The van der Waals surface area contributed by atoms with E-state index in [2.05, 4.69) is 54.3 Å². The van der Waals surface area contributed by atoms with Gasteiger partial charge in [0.25, 0.3) is 0 Å². The van der Waals surface area contributed by atoms with Crippen molar-refractivity contribution in [2.24, 2.45) is 5.84 Å². The molecule has 96 valence electrons. The second kappa shape index (κ2) is 5.24. The normalized spacial score (nSPS) is 11.2. The van der Waals surface area contributed by atoms with Gasteiger partial charge in [-0.05, 0) is 36.1 Å². The van der Waals surface area contributed by atoms with E-state index in [9.17, 15) is 0 Å². The number of nitrogen functional groups attached to an aromatic ring is 1. The summed E-state index contributed by atoms with van der Waals surface area (Å²) in [6, 6.07) is 6.21. The van der Waals surface area contributed by atoms with Crippen molar-refractivity contribution < 1.29 is 0 Å². The standard InChI is InChI=1S/C14H18BrN3/c1-4-9-5-10(15)6-11-13(18-16)7-12(8(2)3)17-14(9)11/h5-8H,4,16H2,1-3H3,(H,17,18). The highest BCUT2D eigenvalue weighted by Gasteiger charge is 2.11. The Labute approximate surface area is 116 Å². The van der Waals surface area contributed by atoms with Crippen LogP contribution in [0.3, 0.4) is 0 Å². The van der Waals surface area contributed by atoms with E-state index in [-0.39, 0.29) is 0 Å². The van der Waals surface area contributed by atoms with Crippen LogP contribution in [0.2, 0.25) is 0 Å². The van der Waals surface area contributed by atoms with Crippen molar-refractivity contribution in [2.75, 3.05) is 5.43 Å². The van der Waals surface area contributed by atoms with Gasteiger partial charge in [-0.3, -0.25) is 10.8 Å². The molecule has 0 saturated heterocycles. The molecule has 1 aromatic carbocycles. The average Bonchev–Trinajstić information content (AvgIpc) is 2.36. The van der Waals surface area contributed by atoms with Crippen molar-refractivity contribution in [1.82, 2.24) is 4.98 Å². The summed E-state index contributed by atoms with van der Waals surface area (Å²) in [6.07, 6.45) is 0.953. The Kier molecular flexibility index (Phi) is 3.88. The lowest BCUT2D eigenvalue weighted by Crippen LogP contribution is -2.09. The minimum atomic E-state index is 0.384. The van der Waals surface area contributed by atoms with Crippen LogP contribution in [-0.2, 0) is 6.42 Å². The van der Waals surface area contributed by atoms with Gasteiger partial charge in [0, 0.05) is 15.6 Å². The number of anilines is 1. The molecule has 0 radical (unpaired) electrons. The smallest absolute Gasteiger partial charge is 0.0759 e. The Morgan fingerprint density at radius 3 is 2.61 bits per heavy atom. The zero-order chi connectivity index (χ0) is 13.3. The first-order valence-electron chi connectivity index (χ1n) is 6.16. The number of hydrazine groups is 1. The van der Waals surface area contributed by atoms with Gasteiger partial charge in [-0.2, -0.15) is 0 Å². The van der Waals surface area contributed by atoms with E-state index in [1.165, 1.54) is 5.56 Å². The number of fused-ring (bicyclic) bond motifs is 1. The maximum atomic E-state index is 5.63. The third kappa shape index (κ3) is 2.35. The lowest BCUT2D eigenvalue weighted by atomic mass is 10.0. The molecule has 0 spiro atoms. The summed E-state index contributed by atoms with van der Waals surface area (Å²) in [7, 11) is 0. The number of nitrogens with two attached hydrogens (primary N) is 1. The van der Waals surface area contributed by atoms with E-state index in [0.29, 0.717) is 5.92 Å². The predicted molar refractivity (Wildman–Crippen MR) is 80.7 cm³/mol. The fourth-order valence-electron chi connectivity index (χ4n) is 2.06. The quantitative estimate of drug-likeness (QED) is 0.666. The molecule has 0 aliphatic carbocycles. The molecule has 0 amide bonds. The van der Waals surface area contributed by atoms with Crippen LogP contribution in [0.25, 0.3) is 10.9 Å². The van der Waals surface area contributed by atoms with Gasteiger partial charge in [0.2, 0.25) is 0 Å². The van der Waals surface area contributed by atoms with Gasteiger partial charge in [0.15, 0.2) is 0 Å². The average molecular weight is 308 g/mol. The highest BCUT2D eigenvalue weighted by molar-refractivity contribution is 9.10. The minimum absolute atomic E-state index is 0.384. The summed E-state index contributed by atoms with van der Waals surface area (Å²) < 4.78 is 1.06. The summed E-state index contributed by atoms with van der Waals surface area (Å²) in [5.74, 6) is 6.02. The summed E-state index contributed by atoms with van der Waals surface area (Å²) in [4.78, 5) is 4.78. The molecule has 0 fully saturated rings. The Morgan fingerprint density at radius 2 is 2.06 bits per heavy atom. The lowest BCUT2D eigenvalue weighted by Gasteiger charge is -2.14. The fourth-order valence-corrected chi connectivity index (χ4v) is 2.57. The van der Waals surface area contributed by atoms with Gasteiger partial charge in [-0.1, -0.05) is 36.7 Å². The van der Waals surface area contributed by atoms with E-state index in [1.54, 1.807) is 0 Å². The first-order valence-corrected chi connectivity index (χ1v) is 6.95. The van der Waals surface area contributed by atoms with Crippen LogP contribution in [-0.4, -0.2) is 4.98 Å². The zero-order valence-corrected chi connectivity index (χ0v) is 12.5. The van der Waals surface area contributed by atoms with Gasteiger partial charge < -0.3 is 5.43 Å². The molecule has 0 aliphatic rings. The molecule has 4 heteroatoms. The third-order valence-electron chi connectivity index (χ3n) is 3.10. The molecule has 18 heavy (non-hydrogen) atoms. The first-order chi connectivity index (χ1) is 8.56. The molecule has 3 N–H and O–H groups in total. The number of benzene rings is 1. The van der Waals surface area contributed by atoms with Gasteiger partial charge in [0.05, 0.1) is 11.2 Å². The zero-order valence-electron chi connectivity index (χ0n) is 10.9. The van der Waals surface area contributed by atoms with Crippen molar-refractivity contribution in [1.29, 1.82) is 0 Å². The van der Waals surface area contributed by atoms with Gasteiger partial charge >= 0.3 is 0 Å². The van der Waals surface area contributed by atoms with Crippen molar-refractivity contribution in [2.45, 2.75) is 33.1 Å². The fraction of sp³-hybridized carbons (Fsp3) is 0.357. The molecule has 1 aromatic heterocycles. The van der Waals surface area contributed by atoms with Crippen LogP contribution in [0.1, 0.15) is 37.9 Å². The Morgan fingerprint density at radius 1 is 1.33 bits per heavy atom. The van der Waals surface area contributed by atoms with Crippen LogP contribution in [0.15, 0.2) is 22.7 Å². The van der Waals surface area contributed by atoms with Crippen LogP contribution in [0.4, 0.5) is 5.69 Å². The van der Waals surface area contributed by atoms with E-state index >= 15 is 0 Å². The molecule has 0 aliphatic heterocycles. The van der Waals surface area contributed by atoms with Crippen molar-refractivity contribution in [3.63, 3.8) is 0 Å². The molecule has 0 saturated carbocycles. The number of rotatable bonds is 3. The molecule has 0 bridgehead atoms. The second-order valence-electron chi connectivity index (χ2n) is 4.71. The van der Waals surface area contributed by atoms with Crippen molar-refractivity contribution in [3.8, 4) is 0 Å². The molecule has 2 rings (SSSR count). The first kappa shape index (κ1) is 13.3. The molecule has 0 unspecified atom stereocenters. The van der Waals surface area contributed by atoms with Gasteiger partial charge in [-0.15, -0.1) is 0 Å². The molecule has 2 aromatic rings. The maximum Gasteiger partial charge on any atom is 0.0759 e. The number of pyridine rings is 1. The molecule has 1 heterocycles. The number of hydrogen-bond donors (Lipinski definition) is 2. The SMILES string of the molecule is CCc1cc(Br)cc2c(NN)cc(C(C)C)nc12. The molecule has 0 atom stereocenters. The largest absolute Gasteiger partial charge is 0.323 e. The summed E-state index contributed by atoms with van der Waals surface area (Å²) in [6.45, 7) is 6.42. The number of nitrogens with one attached hydrogen (secondary N) is 1. The van der Waals surface area contributed by atoms with Crippen molar-refractivity contribution in [3.05, 3.63) is 33.9 Å². The van der Waals surface area contributed by atoms with Crippen LogP contribution in [0, 0.1) is 0 Å². The van der Waals surface area contributed by atoms with Crippen LogP contribution < -0.4 is 11.3 Å². The van der Waals surface area contributed by atoms with E-state index in [4.69, 9.17) is 10.8 Å². The van der Waals surface area contributed by atoms with Crippen molar-refractivity contribution >= 4 is 32.5 Å². The lowest BCUT2D eigenvalue weighted by molar-refractivity contribution is 0.829. The molecule has 3 nitrogen and oxygen atoms in total. The monoisotopic (exact) mass is 307 g/mol. The Hall–Kier alpha value is -1.13. The second-order valence-corrected chi connectivity index (χ2v) is 5.62. The predicted octanol–water partition coefficient (Wildman–Crippen LogP) is 3.97. The Balaban J connectivity index is 2.82. The maximum absolute atomic E-state index is 5.63. The number of hydrogen-bond acceptors (Lipinski definition) is 3. The van der Waals surface area contributed by atoms with Gasteiger partial charge in [-0.25, -0.2) is 0 Å².